The Bertz CT molecular complexity index is 1260. The molecule has 4 rings (SSSR count). The van der Waals surface area contributed by atoms with Gasteiger partial charge in [-0.25, -0.2) is 9.67 Å². The van der Waals surface area contributed by atoms with Gasteiger partial charge >= 0.3 is 0 Å². The average Bonchev–Trinajstić information content (AvgIpc) is 3.22. The first-order chi connectivity index (χ1) is 15.4. The van der Waals surface area contributed by atoms with E-state index in [0.717, 1.165) is 11.1 Å². The third-order valence-corrected chi connectivity index (χ3v) is 5.00. The maximum Gasteiger partial charge on any atom is 0.252 e. The minimum Gasteiger partial charge on any atom is -0.343 e. The van der Waals surface area contributed by atoms with Crippen LogP contribution in [0.5, 0.6) is 0 Å². The van der Waals surface area contributed by atoms with Gasteiger partial charge in [-0.05, 0) is 39.0 Å². The quantitative estimate of drug-likeness (QED) is 0.487. The molecule has 2 amide bonds. The van der Waals surface area contributed by atoms with E-state index in [2.05, 4.69) is 20.7 Å². The minimum absolute atomic E-state index is 0.0782. The number of hydrogen-bond donors (Lipinski definition) is 2. The molecule has 0 saturated carbocycles. The summed E-state index contributed by atoms with van der Waals surface area (Å²) >= 11 is 0. The fraction of sp³-hybridized carbons (Fsp3) is 0.208. The molecule has 0 aliphatic heterocycles. The van der Waals surface area contributed by atoms with Gasteiger partial charge in [0, 0.05) is 17.8 Å². The third-order valence-electron chi connectivity index (χ3n) is 5.00. The van der Waals surface area contributed by atoms with Gasteiger partial charge in [0.1, 0.15) is 0 Å². The van der Waals surface area contributed by atoms with Crippen molar-refractivity contribution in [3.8, 4) is 11.3 Å². The van der Waals surface area contributed by atoms with Crippen molar-refractivity contribution in [1.82, 2.24) is 25.1 Å². The van der Waals surface area contributed by atoms with E-state index < -0.39 is 0 Å². The van der Waals surface area contributed by atoms with Gasteiger partial charge in [0.25, 0.3) is 5.91 Å². The Kier molecular flexibility index (Phi) is 5.93. The Balaban J connectivity index is 1.63. The van der Waals surface area contributed by atoms with Crippen molar-refractivity contribution in [3.63, 3.8) is 0 Å². The van der Waals surface area contributed by atoms with Gasteiger partial charge in [0.2, 0.25) is 5.91 Å². The molecular weight excluding hydrogens is 404 g/mol. The van der Waals surface area contributed by atoms with E-state index in [1.807, 2.05) is 45.0 Å². The van der Waals surface area contributed by atoms with Crippen LogP contribution in [0.2, 0.25) is 0 Å². The number of amides is 2. The van der Waals surface area contributed by atoms with E-state index in [1.54, 1.807) is 41.5 Å². The first kappa shape index (κ1) is 21.2. The molecule has 0 unspecified atom stereocenters. The number of rotatable bonds is 6. The second kappa shape index (κ2) is 8.97. The lowest BCUT2D eigenvalue weighted by atomic mass is 10.1. The molecule has 2 N–H and O–H groups in total. The Hall–Kier alpha value is -4.07. The normalized spacial score (nSPS) is 11.0. The lowest BCUT2D eigenvalue weighted by Gasteiger charge is -2.11. The maximum atomic E-state index is 13.1. The molecule has 0 spiro atoms. The molecule has 1 aromatic carbocycles. The van der Waals surface area contributed by atoms with Crippen molar-refractivity contribution in [2.24, 2.45) is 0 Å². The highest BCUT2D eigenvalue weighted by Crippen LogP contribution is 2.26. The predicted octanol–water partition coefficient (Wildman–Crippen LogP) is 3.75. The van der Waals surface area contributed by atoms with Crippen LogP contribution in [0, 0.1) is 6.92 Å². The standard InChI is InChI=1S/C24H24N6O2/c1-15(2)30-23-20(13-27-30)19(11-21(29-23)17-8-6-16(3)7-9-17)24(32)26-14-22(31)28-18-5-4-10-25-12-18/h4-13,15H,14H2,1-3H3,(H,26,32)(H,28,31). The fourth-order valence-electron chi connectivity index (χ4n) is 3.35. The molecule has 8 nitrogen and oxygen atoms in total. The van der Waals surface area contributed by atoms with E-state index in [9.17, 15) is 9.59 Å². The van der Waals surface area contributed by atoms with Gasteiger partial charge in [-0.2, -0.15) is 5.10 Å². The maximum absolute atomic E-state index is 13.1. The van der Waals surface area contributed by atoms with Crippen molar-refractivity contribution < 1.29 is 9.59 Å². The van der Waals surface area contributed by atoms with Gasteiger partial charge in [-0.3, -0.25) is 14.6 Å². The summed E-state index contributed by atoms with van der Waals surface area (Å²) in [6, 6.07) is 13.2. The van der Waals surface area contributed by atoms with Crippen LogP contribution >= 0.6 is 0 Å². The number of nitrogens with one attached hydrogen (secondary N) is 2. The highest BCUT2D eigenvalue weighted by Gasteiger charge is 2.19. The molecule has 0 fully saturated rings. The Labute approximate surface area is 185 Å². The number of fused-ring (bicyclic) bond motifs is 1. The molecule has 4 aromatic rings. The van der Waals surface area contributed by atoms with Gasteiger partial charge in [0.15, 0.2) is 5.65 Å². The van der Waals surface area contributed by atoms with E-state index in [-0.39, 0.29) is 24.4 Å². The molecular formula is C24H24N6O2. The average molecular weight is 428 g/mol. The van der Waals surface area contributed by atoms with Crippen molar-refractivity contribution in [3.05, 3.63) is 72.2 Å². The first-order valence-corrected chi connectivity index (χ1v) is 10.4. The fourth-order valence-corrected chi connectivity index (χ4v) is 3.35. The smallest absolute Gasteiger partial charge is 0.252 e. The van der Waals surface area contributed by atoms with Gasteiger partial charge in [0.05, 0.1) is 41.3 Å². The molecule has 0 atom stereocenters. The van der Waals surface area contributed by atoms with E-state index >= 15 is 0 Å². The van der Waals surface area contributed by atoms with Crippen molar-refractivity contribution in [1.29, 1.82) is 0 Å². The highest BCUT2D eigenvalue weighted by molar-refractivity contribution is 6.08. The summed E-state index contributed by atoms with van der Waals surface area (Å²) in [6.45, 7) is 5.86. The highest BCUT2D eigenvalue weighted by atomic mass is 16.2. The molecule has 0 aliphatic carbocycles. The van der Waals surface area contributed by atoms with E-state index in [1.165, 1.54) is 0 Å². The summed E-state index contributed by atoms with van der Waals surface area (Å²) in [6.07, 6.45) is 4.81. The lowest BCUT2D eigenvalue weighted by molar-refractivity contribution is -0.115. The molecule has 0 saturated heterocycles. The summed E-state index contributed by atoms with van der Waals surface area (Å²) in [5, 5.41) is 10.5. The zero-order valence-electron chi connectivity index (χ0n) is 18.2. The second-order valence-electron chi connectivity index (χ2n) is 7.81. The first-order valence-electron chi connectivity index (χ1n) is 10.4. The van der Waals surface area contributed by atoms with Crippen molar-refractivity contribution >= 4 is 28.5 Å². The van der Waals surface area contributed by atoms with Gasteiger partial charge in [-0.1, -0.05) is 29.8 Å². The van der Waals surface area contributed by atoms with Gasteiger partial charge < -0.3 is 10.6 Å². The Morgan fingerprint density at radius 2 is 1.88 bits per heavy atom. The minimum atomic E-state index is -0.365. The zero-order valence-corrected chi connectivity index (χ0v) is 18.2. The van der Waals surface area contributed by atoms with Crippen molar-refractivity contribution in [2.45, 2.75) is 26.8 Å². The van der Waals surface area contributed by atoms with Crippen LogP contribution in [0.1, 0.15) is 35.8 Å². The third kappa shape index (κ3) is 4.49. The zero-order chi connectivity index (χ0) is 22.7. The van der Waals surface area contributed by atoms with Crippen LogP contribution < -0.4 is 10.6 Å². The van der Waals surface area contributed by atoms with Crippen LogP contribution in [-0.4, -0.2) is 38.1 Å². The van der Waals surface area contributed by atoms with Crippen molar-refractivity contribution in [2.75, 3.05) is 11.9 Å². The van der Waals surface area contributed by atoms with Crippen LogP contribution in [-0.2, 0) is 4.79 Å². The van der Waals surface area contributed by atoms with Gasteiger partial charge in [-0.15, -0.1) is 0 Å². The van der Waals surface area contributed by atoms with Crippen LogP contribution in [0.3, 0.4) is 0 Å². The molecule has 3 aromatic heterocycles. The number of hydrogen-bond acceptors (Lipinski definition) is 5. The molecule has 8 heteroatoms. The number of anilines is 1. The summed E-state index contributed by atoms with van der Waals surface area (Å²) in [7, 11) is 0. The molecule has 32 heavy (non-hydrogen) atoms. The van der Waals surface area contributed by atoms with Crippen LogP contribution in [0.25, 0.3) is 22.3 Å². The van der Waals surface area contributed by atoms with E-state index in [0.29, 0.717) is 28.0 Å². The van der Waals surface area contributed by atoms with Crippen LogP contribution in [0.4, 0.5) is 5.69 Å². The number of benzene rings is 1. The second-order valence-corrected chi connectivity index (χ2v) is 7.81. The Morgan fingerprint density at radius 1 is 1.09 bits per heavy atom. The predicted molar refractivity (Wildman–Crippen MR) is 123 cm³/mol. The summed E-state index contributed by atoms with van der Waals surface area (Å²) in [5.74, 6) is -0.705. The summed E-state index contributed by atoms with van der Waals surface area (Å²) < 4.78 is 1.79. The number of carbonyl (C=O) groups is 2. The summed E-state index contributed by atoms with van der Waals surface area (Å²) in [4.78, 5) is 34.0. The Morgan fingerprint density at radius 3 is 2.56 bits per heavy atom. The molecule has 3 heterocycles. The lowest BCUT2D eigenvalue weighted by Crippen LogP contribution is -2.33. The molecule has 0 radical (unpaired) electrons. The monoisotopic (exact) mass is 428 g/mol. The molecule has 0 aliphatic rings. The number of aromatic nitrogens is 4. The largest absolute Gasteiger partial charge is 0.343 e. The van der Waals surface area contributed by atoms with E-state index in [4.69, 9.17) is 4.98 Å². The molecule has 0 bridgehead atoms. The summed E-state index contributed by atoms with van der Waals surface area (Å²) in [5.41, 5.74) is 4.33. The number of carbonyl (C=O) groups excluding carboxylic acids is 2. The number of pyridine rings is 2. The number of aryl methyl sites for hydroxylation is 1. The topological polar surface area (TPSA) is 102 Å². The molecule has 162 valence electrons. The SMILES string of the molecule is Cc1ccc(-c2cc(C(=O)NCC(=O)Nc3cccnc3)c3cnn(C(C)C)c3n2)cc1. The number of nitrogens with zero attached hydrogens (tertiary/aromatic N) is 4. The van der Waals surface area contributed by atoms with Crippen LogP contribution in [0.15, 0.2) is 61.1 Å².